The van der Waals surface area contributed by atoms with Gasteiger partial charge in [0, 0.05) is 28.2 Å². The minimum atomic E-state index is -0.397. The minimum Gasteiger partial charge on any atom is -0.465 e. The highest BCUT2D eigenvalue weighted by molar-refractivity contribution is 6.35. The summed E-state index contributed by atoms with van der Waals surface area (Å²) in [5.41, 5.74) is 2.17. The van der Waals surface area contributed by atoms with Crippen LogP contribution in [-0.4, -0.2) is 37.0 Å². The minimum absolute atomic E-state index is 0.00925. The maximum Gasteiger partial charge on any atom is 0.337 e. The summed E-state index contributed by atoms with van der Waals surface area (Å²) in [6.45, 7) is 2.41. The van der Waals surface area contributed by atoms with Gasteiger partial charge in [0.2, 0.25) is 5.91 Å². The van der Waals surface area contributed by atoms with E-state index in [9.17, 15) is 9.59 Å². The van der Waals surface area contributed by atoms with Gasteiger partial charge in [-0.1, -0.05) is 29.3 Å². The van der Waals surface area contributed by atoms with Crippen molar-refractivity contribution < 1.29 is 14.3 Å². The first-order chi connectivity index (χ1) is 13.5. The van der Waals surface area contributed by atoms with Crippen LogP contribution >= 0.6 is 23.2 Å². The first-order valence-electron chi connectivity index (χ1n) is 9.12. The van der Waals surface area contributed by atoms with E-state index in [2.05, 4.69) is 15.0 Å². The molecule has 3 rings (SSSR count). The van der Waals surface area contributed by atoms with E-state index in [4.69, 9.17) is 23.2 Å². The topological polar surface area (TPSA) is 58.6 Å². The standard InChI is InChI=1S/C21H22Cl2N2O3/c1-28-21(27)15-3-6-18(7-4-15)24-20(26)14-8-10-25(11-9-14)13-16-2-5-17(22)12-19(16)23/h2-7,12,14H,8-11,13H2,1H3,(H,24,26). The molecule has 1 fully saturated rings. The molecule has 0 unspecified atom stereocenters. The molecule has 1 amide bonds. The molecule has 0 atom stereocenters. The summed E-state index contributed by atoms with van der Waals surface area (Å²) in [7, 11) is 1.34. The number of hydrogen-bond acceptors (Lipinski definition) is 4. The molecule has 0 bridgehead atoms. The second kappa shape index (κ2) is 9.41. The maximum absolute atomic E-state index is 12.5. The molecule has 1 saturated heterocycles. The Morgan fingerprint density at radius 2 is 1.79 bits per heavy atom. The second-order valence-electron chi connectivity index (χ2n) is 6.84. The van der Waals surface area contributed by atoms with Gasteiger partial charge >= 0.3 is 5.97 Å². The molecule has 0 saturated carbocycles. The Hall–Kier alpha value is -2.08. The second-order valence-corrected chi connectivity index (χ2v) is 7.69. The summed E-state index contributed by atoms with van der Waals surface area (Å²) in [4.78, 5) is 26.3. The number of anilines is 1. The van der Waals surface area contributed by atoms with Gasteiger partial charge < -0.3 is 10.1 Å². The fraction of sp³-hybridized carbons (Fsp3) is 0.333. The Balaban J connectivity index is 1.50. The summed E-state index contributed by atoms with van der Waals surface area (Å²) < 4.78 is 4.67. The van der Waals surface area contributed by atoms with Crippen molar-refractivity contribution >= 4 is 40.8 Å². The highest BCUT2D eigenvalue weighted by Crippen LogP contribution is 2.25. The average molecular weight is 421 g/mol. The number of rotatable bonds is 5. The number of amides is 1. The number of carbonyl (C=O) groups excluding carboxylic acids is 2. The molecule has 2 aromatic carbocycles. The van der Waals surface area contributed by atoms with Gasteiger partial charge in [-0.05, 0) is 67.9 Å². The Morgan fingerprint density at radius 1 is 1.11 bits per heavy atom. The van der Waals surface area contributed by atoms with Crippen molar-refractivity contribution in [2.45, 2.75) is 19.4 Å². The number of methoxy groups -OCH3 is 1. The quantitative estimate of drug-likeness (QED) is 0.716. The predicted molar refractivity (Wildman–Crippen MR) is 111 cm³/mol. The van der Waals surface area contributed by atoms with E-state index in [1.807, 2.05) is 12.1 Å². The molecule has 5 nitrogen and oxygen atoms in total. The van der Waals surface area contributed by atoms with E-state index < -0.39 is 5.97 Å². The van der Waals surface area contributed by atoms with E-state index in [1.165, 1.54) is 7.11 Å². The molecule has 1 aliphatic rings. The molecule has 0 radical (unpaired) electrons. The normalized spacial score (nSPS) is 15.2. The molecule has 1 aliphatic heterocycles. The third-order valence-corrected chi connectivity index (χ3v) is 5.53. The van der Waals surface area contributed by atoms with Crippen LogP contribution in [0.1, 0.15) is 28.8 Å². The van der Waals surface area contributed by atoms with E-state index in [-0.39, 0.29) is 11.8 Å². The lowest BCUT2D eigenvalue weighted by molar-refractivity contribution is -0.121. The largest absolute Gasteiger partial charge is 0.465 e. The molecular weight excluding hydrogens is 399 g/mol. The van der Waals surface area contributed by atoms with Crippen molar-refractivity contribution in [3.63, 3.8) is 0 Å². The average Bonchev–Trinajstić information content (AvgIpc) is 2.70. The Kier molecular flexibility index (Phi) is 6.94. The van der Waals surface area contributed by atoms with Gasteiger partial charge in [0.05, 0.1) is 12.7 Å². The summed E-state index contributed by atoms with van der Waals surface area (Å²) in [5, 5.41) is 4.23. The zero-order valence-corrected chi connectivity index (χ0v) is 17.1. The maximum atomic E-state index is 12.5. The number of nitrogens with zero attached hydrogens (tertiary/aromatic N) is 1. The summed E-state index contributed by atoms with van der Waals surface area (Å²) >= 11 is 12.2. The lowest BCUT2D eigenvalue weighted by Gasteiger charge is -2.31. The van der Waals surface area contributed by atoms with E-state index >= 15 is 0 Å². The molecule has 0 spiro atoms. The summed E-state index contributed by atoms with van der Waals surface area (Å²) in [6.07, 6.45) is 1.58. The Labute approximate surface area is 174 Å². The molecule has 0 aromatic heterocycles. The smallest absolute Gasteiger partial charge is 0.337 e. The van der Waals surface area contributed by atoms with Crippen molar-refractivity contribution in [2.24, 2.45) is 5.92 Å². The first kappa shape index (κ1) is 20.6. The van der Waals surface area contributed by atoms with Crippen LogP contribution in [0.3, 0.4) is 0 Å². The third kappa shape index (κ3) is 5.25. The van der Waals surface area contributed by atoms with Crippen molar-refractivity contribution in [3.05, 3.63) is 63.6 Å². The number of hydrogen-bond donors (Lipinski definition) is 1. The van der Waals surface area contributed by atoms with Gasteiger partial charge in [0.25, 0.3) is 0 Å². The number of ether oxygens (including phenoxy) is 1. The van der Waals surface area contributed by atoms with Crippen LogP contribution < -0.4 is 5.32 Å². The SMILES string of the molecule is COC(=O)c1ccc(NC(=O)C2CCN(Cc3ccc(Cl)cc3Cl)CC2)cc1. The van der Waals surface area contributed by atoms with Gasteiger partial charge in [-0.2, -0.15) is 0 Å². The summed E-state index contributed by atoms with van der Waals surface area (Å²) in [6, 6.07) is 12.2. The van der Waals surface area contributed by atoms with Crippen LogP contribution in [0.5, 0.6) is 0 Å². The van der Waals surface area contributed by atoms with Crippen LogP contribution in [0, 0.1) is 5.92 Å². The fourth-order valence-electron chi connectivity index (χ4n) is 3.30. The van der Waals surface area contributed by atoms with Crippen LogP contribution in [-0.2, 0) is 16.1 Å². The molecule has 1 heterocycles. The number of esters is 1. The lowest BCUT2D eigenvalue weighted by Crippen LogP contribution is -2.37. The molecule has 7 heteroatoms. The van der Waals surface area contributed by atoms with Gasteiger partial charge in [0.15, 0.2) is 0 Å². The van der Waals surface area contributed by atoms with Crippen LogP contribution in [0.4, 0.5) is 5.69 Å². The molecule has 1 N–H and O–H groups in total. The fourth-order valence-corrected chi connectivity index (χ4v) is 3.76. The van der Waals surface area contributed by atoms with Crippen molar-refractivity contribution in [3.8, 4) is 0 Å². The van der Waals surface area contributed by atoms with E-state index in [0.29, 0.717) is 21.3 Å². The van der Waals surface area contributed by atoms with Crippen LogP contribution in [0.2, 0.25) is 10.0 Å². The number of nitrogens with one attached hydrogen (secondary N) is 1. The van der Waals surface area contributed by atoms with Crippen LogP contribution in [0.25, 0.3) is 0 Å². The highest BCUT2D eigenvalue weighted by Gasteiger charge is 2.25. The van der Waals surface area contributed by atoms with Crippen LogP contribution in [0.15, 0.2) is 42.5 Å². The lowest BCUT2D eigenvalue weighted by atomic mass is 9.95. The number of halogens is 2. The summed E-state index contributed by atoms with van der Waals surface area (Å²) in [5.74, 6) is -0.418. The number of benzene rings is 2. The van der Waals surface area contributed by atoms with Gasteiger partial charge in [-0.15, -0.1) is 0 Å². The zero-order valence-electron chi connectivity index (χ0n) is 15.6. The van der Waals surface area contributed by atoms with Crippen molar-refractivity contribution in [1.29, 1.82) is 0 Å². The molecule has 28 heavy (non-hydrogen) atoms. The van der Waals surface area contributed by atoms with E-state index in [0.717, 1.165) is 38.0 Å². The number of likely N-dealkylation sites (tertiary alicyclic amines) is 1. The molecular formula is C21H22Cl2N2O3. The number of carbonyl (C=O) groups is 2. The molecule has 148 valence electrons. The first-order valence-corrected chi connectivity index (χ1v) is 9.87. The molecule has 2 aromatic rings. The van der Waals surface area contributed by atoms with Gasteiger partial charge in [0.1, 0.15) is 0 Å². The third-order valence-electron chi connectivity index (χ3n) is 4.94. The zero-order chi connectivity index (χ0) is 20.1. The highest BCUT2D eigenvalue weighted by atomic mass is 35.5. The van der Waals surface area contributed by atoms with Crippen molar-refractivity contribution in [1.82, 2.24) is 4.90 Å². The Morgan fingerprint density at radius 3 is 2.39 bits per heavy atom. The molecule has 0 aliphatic carbocycles. The van der Waals surface area contributed by atoms with Gasteiger partial charge in [-0.3, -0.25) is 9.69 Å². The number of piperidine rings is 1. The van der Waals surface area contributed by atoms with Crippen molar-refractivity contribution in [2.75, 3.05) is 25.5 Å². The van der Waals surface area contributed by atoms with E-state index in [1.54, 1.807) is 30.3 Å². The Bertz CT molecular complexity index is 847. The van der Waals surface area contributed by atoms with Gasteiger partial charge in [-0.25, -0.2) is 4.79 Å². The predicted octanol–water partition coefficient (Wildman–Crippen LogP) is 4.63. The monoisotopic (exact) mass is 420 g/mol.